The van der Waals surface area contributed by atoms with Crippen LogP contribution in [0.25, 0.3) is 5.65 Å². The lowest BCUT2D eigenvalue weighted by Gasteiger charge is -2.01. The highest BCUT2D eigenvalue weighted by atomic mass is 32.2. The first kappa shape index (κ1) is 13.9. The Labute approximate surface area is 126 Å². The fourth-order valence-corrected chi connectivity index (χ4v) is 3.10. The molecule has 0 atom stereocenters. The molecule has 0 spiro atoms. The van der Waals surface area contributed by atoms with Crippen LogP contribution in [-0.2, 0) is 12.3 Å². The van der Waals surface area contributed by atoms with Crippen LogP contribution in [0.2, 0.25) is 0 Å². The van der Waals surface area contributed by atoms with E-state index in [4.69, 9.17) is 0 Å². The van der Waals surface area contributed by atoms with Gasteiger partial charge in [0.05, 0.1) is 5.69 Å². The predicted octanol–water partition coefficient (Wildman–Crippen LogP) is 2.23. The van der Waals surface area contributed by atoms with Crippen molar-refractivity contribution in [1.82, 2.24) is 24.1 Å². The largest absolute Gasteiger partial charge is 0.343 e. The first-order valence-corrected chi connectivity index (χ1v) is 7.89. The van der Waals surface area contributed by atoms with E-state index in [9.17, 15) is 4.79 Å². The lowest BCUT2D eigenvalue weighted by Crippen LogP contribution is -2.17. The highest BCUT2D eigenvalue weighted by Crippen LogP contribution is 2.20. The summed E-state index contributed by atoms with van der Waals surface area (Å²) >= 11 is 1.53. The number of aromatic nitrogens is 5. The molecule has 3 heterocycles. The Morgan fingerprint density at radius 3 is 3.05 bits per heavy atom. The Bertz CT molecular complexity index is 816. The summed E-state index contributed by atoms with van der Waals surface area (Å²) in [5.41, 5.74) is 2.95. The van der Waals surface area contributed by atoms with Crippen molar-refractivity contribution in [3.63, 3.8) is 0 Å². The average molecular weight is 303 g/mol. The Hall–Kier alpha value is -2.02. The molecule has 0 aliphatic carbocycles. The molecule has 0 aliphatic heterocycles. The van der Waals surface area contributed by atoms with Crippen molar-refractivity contribution in [3.8, 4) is 0 Å². The van der Waals surface area contributed by atoms with Crippen molar-refractivity contribution >= 4 is 17.4 Å². The van der Waals surface area contributed by atoms with Gasteiger partial charge in [-0.2, -0.15) is 0 Å². The first-order valence-electron chi connectivity index (χ1n) is 6.90. The van der Waals surface area contributed by atoms with Crippen LogP contribution in [0, 0.1) is 6.92 Å². The van der Waals surface area contributed by atoms with Gasteiger partial charge in [0.15, 0.2) is 5.16 Å². The van der Waals surface area contributed by atoms with Gasteiger partial charge in [0.25, 0.3) is 0 Å². The molecule has 1 N–H and O–H groups in total. The summed E-state index contributed by atoms with van der Waals surface area (Å²) < 4.78 is 3.70. The monoisotopic (exact) mass is 303 g/mol. The van der Waals surface area contributed by atoms with Crippen LogP contribution in [0.3, 0.4) is 0 Å². The van der Waals surface area contributed by atoms with Crippen LogP contribution in [0.5, 0.6) is 0 Å². The van der Waals surface area contributed by atoms with Gasteiger partial charge in [-0.15, -0.1) is 5.10 Å². The number of rotatable bonds is 5. The van der Waals surface area contributed by atoms with E-state index in [1.165, 1.54) is 11.8 Å². The van der Waals surface area contributed by atoms with Crippen molar-refractivity contribution < 1.29 is 0 Å². The van der Waals surface area contributed by atoms with E-state index in [2.05, 4.69) is 15.2 Å². The van der Waals surface area contributed by atoms with E-state index in [0.717, 1.165) is 28.5 Å². The SMILES string of the molecule is CCCn1c(SCc2cn3cccc(C)c3n2)n[nH]c1=O. The summed E-state index contributed by atoms with van der Waals surface area (Å²) in [4.78, 5) is 16.3. The first-order chi connectivity index (χ1) is 10.2. The summed E-state index contributed by atoms with van der Waals surface area (Å²) in [5.74, 6) is 0.690. The topological polar surface area (TPSA) is 68.0 Å². The predicted molar refractivity (Wildman–Crippen MR) is 82.6 cm³/mol. The molecular weight excluding hydrogens is 286 g/mol. The lowest BCUT2D eigenvalue weighted by molar-refractivity contribution is 0.604. The fraction of sp³-hybridized carbons (Fsp3) is 0.357. The van der Waals surface area contributed by atoms with Gasteiger partial charge >= 0.3 is 5.69 Å². The maximum atomic E-state index is 11.6. The second kappa shape index (κ2) is 5.77. The molecule has 0 fully saturated rings. The van der Waals surface area contributed by atoms with Gasteiger partial charge in [-0.1, -0.05) is 24.8 Å². The van der Waals surface area contributed by atoms with Crippen LogP contribution < -0.4 is 5.69 Å². The fourth-order valence-electron chi connectivity index (χ4n) is 2.25. The standard InChI is InChI=1S/C14H17N5OS/c1-3-6-19-13(20)16-17-14(19)21-9-11-8-18-7-4-5-10(2)12(18)15-11/h4-5,7-8H,3,6,9H2,1-2H3,(H,16,20). The Balaban J connectivity index is 1.80. The maximum Gasteiger partial charge on any atom is 0.343 e. The van der Waals surface area contributed by atoms with E-state index in [1.807, 2.05) is 42.8 Å². The van der Waals surface area contributed by atoms with Gasteiger partial charge < -0.3 is 4.40 Å². The third kappa shape index (κ3) is 2.73. The number of pyridine rings is 1. The van der Waals surface area contributed by atoms with E-state index < -0.39 is 0 Å². The number of hydrogen-bond acceptors (Lipinski definition) is 4. The molecule has 0 bridgehead atoms. The number of H-pyrrole nitrogens is 1. The molecule has 0 unspecified atom stereocenters. The number of aryl methyl sites for hydroxylation is 1. The zero-order valence-electron chi connectivity index (χ0n) is 12.0. The van der Waals surface area contributed by atoms with Gasteiger partial charge in [0, 0.05) is 24.7 Å². The van der Waals surface area contributed by atoms with Crippen LogP contribution >= 0.6 is 11.8 Å². The van der Waals surface area contributed by atoms with E-state index in [-0.39, 0.29) is 5.69 Å². The molecule has 0 radical (unpaired) electrons. The molecule has 0 saturated heterocycles. The number of nitrogens with one attached hydrogen (secondary N) is 1. The van der Waals surface area contributed by atoms with E-state index in [1.54, 1.807) is 4.57 Å². The molecule has 0 amide bonds. The Morgan fingerprint density at radius 1 is 1.43 bits per heavy atom. The zero-order chi connectivity index (χ0) is 14.8. The summed E-state index contributed by atoms with van der Waals surface area (Å²) in [7, 11) is 0. The second-order valence-electron chi connectivity index (χ2n) is 4.91. The van der Waals surface area contributed by atoms with Gasteiger partial charge in [0.1, 0.15) is 5.65 Å². The molecule has 3 aromatic rings. The molecule has 110 valence electrons. The summed E-state index contributed by atoms with van der Waals surface area (Å²) in [5, 5.41) is 7.30. The summed E-state index contributed by atoms with van der Waals surface area (Å²) in [6.07, 6.45) is 4.91. The number of imidazole rings is 1. The van der Waals surface area contributed by atoms with Crippen molar-refractivity contribution in [2.24, 2.45) is 0 Å². The van der Waals surface area contributed by atoms with Crippen molar-refractivity contribution in [2.75, 3.05) is 0 Å². The number of hydrogen-bond donors (Lipinski definition) is 1. The number of aromatic amines is 1. The van der Waals surface area contributed by atoms with Crippen molar-refractivity contribution in [2.45, 2.75) is 37.7 Å². The van der Waals surface area contributed by atoms with Gasteiger partial charge in [-0.25, -0.2) is 14.9 Å². The molecule has 3 aromatic heterocycles. The third-order valence-electron chi connectivity index (χ3n) is 3.25. The van der Waals surface area contributed by atoms with Crippen LogP contribution in [0.4, 0.5) is 0 Å². The van der Waals surface area contributed by atoms with E-state index >= 15 is 0 Å². The molecule has 0 aliphatic rings. The highest BCUT2D eigenvalue weighted by molar-refractivity contribution is 7.98. The molecular formula is C14H17N5OS. The van der Waals surface area contributed by atoms with Crippen LogP contribution in [-0.4, -0.2) is 24.1 Å². The van der Waals surface area contributed by atoms with Gasteiger partial charge in [-0.3, -0.25) is 4.57 Å². The minimum atomic E-state index is -0.148. The minimum absolute atomic E-state index is 0.148. The smallest absolute Gasteiger partial charge is 0.307 e. The molecule has 21 heavy (non-hydrogen) atoms. The Kier molecular flexibility index (Phi) is 3.83. The Morgan fingerprint density at radius 2 is 2.29 bits per heavy atom. The van der Waals surface area contributed by atoms with Crippen molar-refractivity contribution in [1.29, 1.82) is 0 Å². The van der Waals surface area contributed by atoms with Crippen LogP contribution in [0.15, 0.2) is 34.5 Å². The quantitative estimate of drug-likeness (QED) is 0.734. The molecule has 6 nitrogen and oxygen atoms in total. The molecule has 0 aromatic carbocycles. The van der Waals surface area contributed by atoms with Crippen molar-refractivity contribution in [3.05, 3.63) is 46.3 Å². The zero-order valence-corrected chi connectivity index (χ0v) is 12.9. The number of fused-ring (bicyclic) bond motifs is 1. The summed E-state index contributed by atoms with van der Waals surface area (Å²) in [6.45, 7) is 4.77. The van der Waals surface area contributed by atoms with Gasteiger partial charge in [-0.05, 0) is 25.0 Å². The van der Waals surface area contributed by atoms with E-state index in [0.29, 0.717) is 12.3 Å². The normalized spacial score (nSPS) is 11.3. The minimum Gasteiger partial charge on any atom is -0.307 e. The van der Waals surface area contributed by atoms with Gasteiger partial charge in [0.2, 0.25) is 0 Å². The average Bonchev–Trinajstić information content (AvgIpc) is 3.03. The number of thioether (sulfide) groups is 1. The molecule has 0 saturated carbocycles. The molecule has 3 rings (SSSR count). The molecule has 7 heteroatoms. The highest BCUT2D eigenvalue weighted by Gasteiger charge is 2.10. The second-order valence-corrected chi connectivity index (χ2v) is 5.85. The van der Waals surface area contributed by atoms with Crippen LogP contribution in [0.1, 0.15) is 24.6 Å². The maximum absolute atomic E-state index is 11.6. The third-order valence-corrected chi connectivity index (χ3v) is 4.26. The number of nitrogens with zero attached hydrogens (tertiary/aromatic N) is 4. The lowest BCUT2D eigenvalue weighted by atomic mass is 10.3. The summed E-state index contributed by atoms with van der Waals surface area (Å²) in [6, 6.07) is 4.05.